The normalized spacial score (nSPS) is 14.6. The number of allylic oxidation sites excluding steroid dienone is 1. The van der Waals surface area contributed by atoms with Gasteiger partial charge in [-0.2, -0.15) is 0 Å². The Balaban J connectivity index is 1.69. The molecular formula is C33H48N4O3. The van der Waals surface area contributed by atoms with Crippen LogP contribution in [0.5, 0.6) is 0 Å². The number of benzene rings is 1. The van der Waals surface area contributed by atoms with E-state index in [1.807, 2.05) is 37.4 Å². The number of amides is 2. The second-order valence-corrected chi connectivity index (χ2v) is 11.8. The molecule has 3 rings (SSSR count). The Morgan fingerprint density at radius 1 is 1.07 bits per heavy atom. The summed E-state index contributed by atoms with van der Waals surface area (Å²) in [5.74, 6) is 0.370. The van der Waals surface area contributed by atoms with Crippen LogP contribution in [0.2, 0.25) is 0 Å². The third-order valence-electron chi connectivity index (χ3n) is 7.51. The molecule has 2 unspecified atom stereocenters. The highest BCUT2D eigenvalue weighted by Crippen LogP contribution is 2.33. The Hall–Kier alpha value is -3.19. The van der Waals surface area contributed by atoms with E-state index in [-0.39, 0.29) is 17.4 Å². The molecule has 2 amide bonds. The minimum atomic E-state index is -0.192. The molecule has 1 fully saturated rings. The van der Waals surface area contributed by atoms with Crippen molar-refractivity contribution in [1.29, 1.82) is 0 Å². The molecule has 40 heavy (non-hydrogen) atoms. The number of nitrogens with one attached hydrogen (secondary N) is 3. The van der Waals surface area contributed by atoms with Crippen molar-refractivity contribution in [3.05, 3.63) is 70.6 Å². The number of carbonyl (C=O) groups is 2. The van der Waals surface area contributed by atoms with Crippen LogP contribution in [0, 0.1) is 5.92 Å². The molecular weight excluding hydrogens is 500 g/mol. The van der Waals surface area contributed by atoms with Gasteiger partial charge in [0.1, 0.15) is 0 Å². The highest BCUT2D eigenvalue weighted by atomic mass is 16.5. The van der Waals surface area contributed by atoms with Gasteiger partial charge < -0.3 is 20.7 Å². The predicted octanol–water partition coefficient (Wildman–Crippen LogP) is 5.82. The number of aromatic nitrogens is 1. The van der Waals surface area contributed by atoms with Gasteiger partial charge in [0, 0.05) is 37.3 Å². The number of ether oxygens (including phenoxy) is 1. The van der Waals surface area contributed by atoms with Crippen molar-refractivity contribution in [3.8, 4) is 0 Å². The molecule has 2 aromatic rings. The van der Waals surface area contributed by atoms with Gasteiger partial charge in [0.25, 0.3) is 5.91 Å². The number of hydrogen-bond acceptors (Lipinski definition) is 5. The largest absolute Gasteiger partial charge is 0.386 e. The molecule has 7 heteroatoms. The summed E-state index contributed by atoms with van der Waals surface area (Å²) in [5.41, 5.74) is 5.78. The topological polar surface area (TPSA) is 92.4 Å². The maximum absolute atomic E-state index is 13.4. The first-order valence-electron chi connectivity index (χ1n) is 14.8. The van der Waals surface area contributed by atoms with E-state index < -0.39 is 0 Å². The molecule has 2 atom stereocenters. The van der Waals surface area contributed by atoms with Crippen LogP contribution < -0.4 is 16.0 Å². The van der Waals surface area contributed by atoms with Gasteiger partial charge >= 0.3 is 0 Å². The summed E-state index contributed by atoms with van der Waals surface area (Å²) in [6.07, 6.45) is 7.79. The van der Waals surface area contributed by atoms with Crippen molar-refractivity contribution in [2.24, 2.45) is 5.92 Å². The Labute approximate surface area is 240 Å². The molecule has 1 saturated carbocycles. The zero-order valence-electron chi connectivity index (χ0n) is 25.0. The van der Waals surface area contributed by atoms with Crippen LogP contribution >= 0.6 is 0 Å². The monoisotopic (exact) mass is 548 g/mol. The maximum atomic E-state index is 13.4. The quantitative estimate of drug-likeness (QED) is 0.182. The van der Waals surface area contributed by atoms with Gasteiger partial charge in [0.05, 0.1) is 23.6 Å². The maximum Gasteiger partial charge on any atom is 0.251 e. The van der Waals surface area contributed by atoms with Crippen LogP contribution in [0.25, 0.3) is 5.70 Å². The smallest absolute Gasteiger partial charge is 0.251 e. The van der Waals surface area contributed by atoms with Gasteiger partial charge in [-0.05, 0) is 94.9 Å². The highest BCUT2D eigenvalue weighted by molar-refractivity contribution is 5.95. The standard InChI is InChI=1S/C33H48N4O3/c1-24(26-14-7-6-8-15-26)29-20-28(21-30(37-29)31(34-5)27-16-9-17-27)32(39)36-19-11-13-25(12-10-18-35-23-38)22-40-33(2,3)4/h6-8,14-15,20-21,23-25,34H,9-13,16-19,22H2,1-5H3,(H,35,38)(H,36,39). The fourth-order valence-electron chi connectivity index (χ4n) is 4.96. The van der Waals surface area contributed by atoms with E-state index in [1.54, 1.807) is 0 Å². The molecule has 1 aliphatic rings. The number of pyridine rings is 1. The van der Waals surface area contributed by atoms with E-state index in [4.69, 9.17) is 9.72 Å². The van der Waals surface area contributed by atoms with Crippen molar-refractivity contribution >= 4 is 18.0 Å². The van der Waals surface area contributed by atoms with E-state index in [2.05, 4.69) is 55.8 Å². The number of carbonyl (C=O) groups excluding carboxylic acids is 2. The van der Waals surface area contributed by atoms with Gasteiger partial charge in [-0.1, -0.05) is 37.3 Å². The van der Waals surface area contributed by atoms with Crippen LogP contribution in [0.3, 0.4) is 0 Å². The predicted molar refractivity (Wildman–Crippen MR) is 162 cm³/mol. The summed E-state index contributed by atoms with van der Waals surface area (Å²) in [6, 6.07) is 14.2. The summed E-state index contributed by atoms with van der Waals surface area (Å²) in [5, 5.41) is 9.24. The third kappa shape index (κ3) is 9.77. The van der Waals surface area contributed by atoms with Crippen LogP contribution in [-0.4, -0.2) is 49.6 Å². The lowest BCUT2D eigenvalue weighted by atomic mass is 9.89. The van der Waals surface area contributed by atoms with E-state index in [0.29, 0.717) is 31.2 Å². The molecule has 0 aliphatic heterocycles. The lowest BCUT2D eigenvalue weighted by Gasteiger charge is -2.24. The van der Waals surface area contributed by atoms with Crippen LogP contribution in [0.15, 0.2) is 48.0 Å². The Bertz CT molecular complexity index is 1120. The molecule has 0 spiro atoms. The molecule has 1 aromatic carbocycles. The second kappa shape index (κ2) is 15.6. The molecule has 1 heterocycles. The molecule has 218 valence electrons. The van der Waals surface area contributed by atoms with Crippen LogP contribution in [-0.2, 0) is 9.53 Å². The molecule has 0 bridgehead atoms. The fraction of sp³-hybridized carbons (Fsp3) is 0.545. The van der Waals surface area contributed by atoms with Gasteiger partial charge in [-0.15, -0.1) is 0 Å². The van der Waals surface area contributed by atoms with Gasteiger partial charge in [0.15, 0.2) is 0 Å². The van der Waals surface area contributed by atoms with Crippen molar-refractivity contribution in [2.75, 3.05) is 26.7 Å². The van der Waals surface area contributed by atoms with Crippen LogP contribution in [0.4, 0.5) is 0 Å². The number of nitrogens with zero attached hydrogens (tertiary/aromatic N) is 1. The Morgan fingerprint density at radius 2 is 1.77 bits per heavy atom. The minimum absolute atomic E-state index is 0.0643. The summed E-state index contributed by atoms with van der Waals surface area (Å²) >= 11 is 0. The summed E-state index contributed by atoms with van der Waals surface area (Å²) in [6.45, 7) is 10.3. The fourth-order valence-corrected chi connectivity index (χ4v) is 4.96. The summed E-state index contributed by atoms with van der Waals surface area (Å²) in [7, 11) is 1.93. The summed E-state index contributed by atoms with van der Waals surface area (Å²) < 4.78 is 6.05. The van der Waals surface area contributed by atoms with Crippen molar-refractivity contribution in [3.63, 3.8) is 0 Å². The zero-order valence-corrected chi connectivity index (χ0v) is 25.0. The summed E-state index contributed by atoms with van der Waals surface area (Å²) in [4.78, 5) is 29.0. The third-order valence-corrected chi connectivity index (χ3v) is 7.51. The van der Waals surface area contributed by atoms with E-state index in [9.17, 15) is 9.59 Å². The average Bonchev–Trinajstić information content (AvgIpc) is 2.92. The Kier molecular flexibility index (Phi) is 12.2. The SMILES string of the molecule is CNC(=C1CCC1)c1cc(C(=O)NCCCC(CCCNC=O)COC(C)(C)C)cc(C(C)c2ccccc2)n1. The van der Waals surface area contributed by atoms with Gasteiger partial charge in [-0.25, -0.2) is 0 Å². The lowest BCUT2D eigenvalue weighted by Crippen LogP contribution is -2.27. The van der Waals surface area contributed by atoms with Gasteiger partial charge in [-0.3, -0.25) is 14.6 Å². The molecule has 3 N–H and O–H groups in total. The second-order valence-electron chi connectivity index (χ2n) is 11.8. The van der Waals surface area contributed by atoms with Gasteiger partial charge in [0.2, 0.25) is 6.41 Å². The lowest BCUT2D eigenvalue weighted by molar-refractivity contribution is -0.109. The molecule has 0 saturated heterocycles. The first-order valence-corrected chi connectivity index (χ1v) is 14.8. The zero-order chi connectivity index (χ0) is 29.0. The first kappa shape index (κ1) is 31.3. The average molecular weight is 549 g/mol. The van der Waals surface area contributed by atoms with Crippen molar-refractivity contribution in [1.82, 2.24) is 20.9 Å². The first-order chi connectivity index (χ1) is 19.2. The number of hydrogen-bond donors (Lipinski definition) is 3. The van der Waals surface area contributed by atoms with Crippen LogP contribution in [0.1, 0.15) is 106 Å². The highest BCUT2D eigenvalue weighted by Gasteiger charge is 2.21. The minimum Gasteiger partial charge on any atom is -0.386 e. The molecule has 7 nitrogen and oxygen atoms in total. The van der Waals surface area contributed by atoms with E-state index in [1.165, 1.54) is 17.6 Å². The van der Waals surface area contributed by atoms with Crippen molar-refractivity contribution < 1.29 is 14.3 Å². The molecule has 1 aliphatic carbocycles. The molecule has 1 aromatic heterocycles. The van der Waals surface area contributed by atoms with Crippen molar-refractivity contribution in [2.45, 2.75) is 84.2 Å². The van der Waals surface area contributed by atoms with E-state index in [0.717, 1.165) is 62.0 Å². The van der Waals surface area contributed by atoms with E-state index >= 15 is 0 Å². The number of rotatable bonds is 16. The Morgan fingerprint density at radius 3 is 2.38 bits per heavy atom. The molecule has 0 radical (unpaired) electrons.